The minimum atomic E-state index is 0. The molecule has 0 aliphatic carbocycles. The molecule has 5 nitrogen and oxygen atoms in total. The van der Waals surface area contributed by atoms with Crippen molar-refractivity contribution in [2.75, 3.05) is 41.0 Å². The van der Waals surface area contributed by atoms with Gasteiger partial charge in [0.15, 0.2) is 5.78 Å². The minimum Gasteiger partial charge on any atom is -0.496 e. The van der Waals surface area contributed by atoms with Crippen LogP contribution in [0, 0.1) is 0 Å². The first-order valence-electron chi connectivity index (χ1n) is 8.25. The van der Waals surface area contributed by atoms with Gasteiger partial charge in [0.2, 0.25) is 0 Å². The number of carbonyl (C=O) groups is 1. The smallest absolute Gasteiger partial charge is 0.170 e. The summed E-state index contributed by atoms with van der Waals surface area (Å²) in [7, 11) is 4.69. The Morgan fingerprint density at radius 3 is 2.08 bits per heavy atom. The third kappa shape index (κ3) is 5.28. The lowest BCUT2D eigenvalue weighted by Gasteiger charge is -2.26. The van der Waals surface area contributed by atoms with Crippen molar-refractivity contribution in [1.82, 2.24) is 4.90 Å². The first-order valence-corrected chi connectivity index (χ1v) is 8.25. The van der Waals surface area contributed by atoms with E-state index in [0.717, 1.165) is 26.1 Å². The predicted molar refractivity (Wildman–Crippen MR) is 97.2 cm³/mol. The summed E-state index contributed by atoms with van der Waals surface area (Å²) in [5, 5.41) is 0. The molecule has 0 amide bonds. The zero-order valence-electron chi connectivity index (χ0n) is 14.8. The van der Waals surface area contributed by atoms with Gasteiger partial charge in [-0.1, -0.05) is 6.42 Å². The summed E-state index contributed by atoms with van der Waals surface area (Å²) >= 11 is 0. The predicted octanol–water partition coefficient (Wildman–Crippen LogP) is 3.58. The van der Waals surface area contributed by atoms with E-state index in [4.69, 9.17) is 14.2 Å². The number of rotatable bonds is 8. The highest BCUT2D eigenvalue weighted by Crippen LogP contribution is 2.35. The van der Waals surface area contributed by atoms with Gasteiger partial charge in [-0.2, -0.15) is 0 Å². The molecule has 24 heavy (non-hydrogen) atoms. The van der Waals surface area contributed by atoms with Gasteiger partial charge in [0.1, 0.15) is 22.8 Å². The number of halogens is 1. The van der Waals surface area contributed by atoms with Crippen LogP contribution < -0.4 is 14.2 Å². The second-order valence-corrected chi connectivity index (χ2v) is 5.84. The van der Waals surface area contributed by atoms with E-state index >= 15 is 0 Å². The molecule has 2 rings (SSSR count). The molecule has 136 valence electrons. The number of Topliss-reactive ketones (excluding diaryl/α,β-unsaturated/α-hetero) is 1. The van der Waals surface area contributed by atoms with Crippen LogP contribution in [0.1, 0.15) is 42.5 Å². The van der Waals surface area contributed by atoms with Crippen LogP contribution in [0.2, 0.25) is 0 Å². The number of piperidine rings is 1. The number of benzene rings is 1. The van der Waals surface area contributed by atoms with Crippen molar-refractivity contribution >= 4 is 18.2 Å². The van der Waals surface area contributed by atoms with Crippen LogP contribution in [0.3, 0.4) is 0 Å². The van der Waals surface area contributed by atoms with Crippen LogP contribution in [0.15, 0.2) is 12.1 Å². The monoisotopic (exact) mass is 357 g/mol. The maximum Gasteiger partial charge on any atom is 0.170 e. The van der Waals surface area contributed by atoms with E-state index in [1.807, 2.05) is 0 Å². The molecule has 0 N–H and O–H groups in total. The second-order valence-electron chi connectivity index (χ2n) is 5.84. The third-order valence-electron chi connectivity index (χ3n) is 4.32. The Bertz CT molecular complexity index is 505. The van der Waals surface area contributed by atoms with Crippen LogP contribution in [0.25, 0.3) is 0 Å². The van der Waals surface area contributed by atoms with Crippen molar-refractivity contribution in [1.29, 1.82) is 0 Å². The minimum absolute atomic E-state index is 0. The van der Waals surface area contributed by atoms with Gasteiger partial charge in [0.25, 0.3) is 0 Å². The number of hydrogen-bond donors (Lipinski definition) is 0. The number of hydrogen-bond acceptors (Lipinski definition) is 5. The first-order chi connectivity index (χ1) is 11.2. The molecule has 0 aromatic heterocycles. The molecule has 6 heteroatoms. The Morgan fingerprint density at radius 1 is 1.00 bits per heavy atom. The van der Waals surface area contributed by atoms with E-state index in [1.165, 1.54) is 19.3 Å². The van der Waals surface area contributed by atoms with Crippen molar-refractivity contribution in [3.8, 4) is 17.2 Å². The van der Waals surface area contributed by atoms with Gasteiger partial charge in [-0.25, -0.2) is 0 Å². The molecule has 1 aliphatic heterocycles. The topological polar surface area (TPSA) is 48.0 Å². The summed E-state index contributed by atoms with van der Waals surface area (Å²) in [5.41, 5.74) is 0.509. The van der Waals surface area contributed by atoms with Gasteiger partial charge in [0, 0.05) is 18.6 Å². The van der Waals surface area contributed by atoms with Gasteiger partial charge in [-0.3, -0.25) is 4.79 Å². The Hall–Kier alpha value is -1.46. The molecule has 0 radical (unpaired) electrons. The molecular formula is C18H28ClNO4. The number of carbonyl (C=O) groups excluding carboxylic acids is 1. The molecule has 1 heterocycles. The number of likely N-dealkylation sites (tertiary alicyclic amines) is 1. The average Bonchev–Trinajstić information content (AvgIpc) is 2.61. The molecular weight excluding hydrogens is 330 g/mol. The maximum absolute atomic E-state index is 12.6. The first kappa shape index (κ1) is 20.6. The number of ether oxygens (including phenoxy) is 3. The molecule has 0 atom stereocenters. The van der Waals surface area contributed by atoms with Gasteiger partial charge >= 0.3 is 0 Å². The number of ketones is 1. The zero-order chi connectivity index (χ0) is 16.7. The molecule has 0 unspecified atom stereocenters. The lowest BCUT2D eigenvalue weighted by atomic mass is 10.0. The highest BCUT2D eigenvalue weighted by molar-refractivity contribution is 6.01. The van der Waals surface area contributed by atoms with E-state index in [-0.39, 0.29) is 18.2 Å². The van der Waals surface area contributed by atoms with Gasteiger partial charge in [0.05, 0.1) is 21.3 Å². The average molecular weight is 358 g/mol. The molecule has 1 aromatic carbocycles. The maximum atomic E-state index is 12.6. The summed E-state index contributed by atoms with van der Waals surface area (Å²) in [6, 6.07) is 3.45. The summed E-state index contributed by atoms with van der Waals surface area (Å²) in [5.74, 6) is 1.68. The van der Waals surface area contributed by atoms with Crippen molar-refractivity contribution in [3.63, 3.8) is 0 Å². The number of nitrogens with zero attached hydrogens (tertiary/aromatic N) is 1. The van der Waals surface area contributed by atoms with Crippen molar-refractivity contribution in [2.45, 2.75) is 32.1 Å². The Kier molecular flexibility index (Phi) is 8.93. The standard InChI is InChI=1S/C18H27NO4.ClH/c1-21-14-12-16(22-2)18(17(13-14)23-3)15(20)8-7-11-19-9-5-4-6-10-19;/h12-13H,4-11H2,1-3H3;1H. The van der Waals surface area contributed by atoms with E-state index in [9.17, 15) is 4.79 Å². The molecule has 0 bridgehead atoms. The lowest BCUT2D eigenvalue weighted by molar-refractivity contribution is 0.0967. The largest absolute Gasteiger partial charge is 0.496 e. The summed E-state index contributed by atoms with van der Waals surface area (Å²) in [6.07, 6.45) is 5.23. The van der Waals surface area contributed by atoms with Gasteiger partial charge in [-0.05, 0) is 38.9 Å². The van der Waals surface area contributed by atoms with Crippen LogP contribution in [-0.2, 0) is 0 Å². The summed E-state index contributed by atoms with van der Waals surface area (Å²) in [4.78, 5) is 15.1. The van der Waals surface area contributed by atoms with Crippen LogP contribution in [0.5, 0.6) is 17.2 Å². The fraction of sp³-hybridized carbons (Fsp3) is 0.611. The summed E-state index contributed by atoms with van der Waals surface area (Å²) in [6.45, 7) is 3.29. The SMILES string of the molecule is COc1cc(OC)c(C(=O)CCCN2CCCCC2)c(OC)c1.Cl. The summed E-state index contributed by atoms with van der Waals surface area (Å²) < 4.78 is 15.9. The molecule has 0 spiro atoms. The third-order valence-corrected chi connectivity index (χ3v) is 4.32. The molecule has 1 aromatic rings. The second kappa shape index (κ2) is 10.4. The number of methoxy groups -OCH3 is 3. The van der Waals surface area contributed by atoms with Crippen LogP contribution in [-0.4, -0.2) is 51.6 Å². The van der Waals surface area contributed by atoms with Crippen molar-refractivity contribution in [3.05, 3.63) is 17.7 Å². The van der Waals surface area contributed by atoms with Gasteiger partial charge < -0.3 is 19.1 Å². The fourth-order valence-corrected chi connectivity index (χ4v) is 3.05. The normalized spacial score (nSPS) is 14.6. The molecule has 1 saturated heterocycles. The lowest BCUT2D eigenvalue weighted by Crippen LogP contribution is -2.30. The van der Waals surface area contributed by atoms with Crippen LogP contribution in [0.4, 0.5) is 0 Å². The molecule has 0 saturated carbocycles. The van der Waals surface area contributed by atoms with E-state index < -0.39 is 0 Å². The zero-order valence-corrected chi connectivity index (χ0v) is 15.6. The Morgan fingerprint density at radius 2 is 1.58 bits per heavy atom. The highest BCUT2D eigenvalue weighted by atomic mass is 35.5. The Labute approximate surface area is 150 Å². The van der Waals surface area contributed by atoms with E-state index in [2.05, 4.69) is 4.90 Å². The highest BCUT2D eigenvalue weighted by Gasteiger charge is 2.20. The molecule has 1 fully saturated rings. The van der Waals surface area contributed by atoms with Crippen molar-refractivity contribution in [2.24, 2.45) is 0 Å². The molecule has 1 aliphatic rings. The quantitative estimate of drug-likeness (QED) is 0.665. The van der Waals surface area contributed by atoms with Crippen molar-refractivity contribution < 1.29 is 19.0 Å². The Balaban J connectivity index is 0.00000288. The van der Waals surface area contributed by atoms with Crippen LogP contribution >= 0.6 is 12.4 Å². The van der Waals surface area contributed by atoms with E-state index in [1.54, 1.807) is 33.5 Å². The fourth-order valence-electron chi connectivity index (χ4n) is 3.05. The van der Waals surface area contributed by atoms with Gasteiger partial charge in [-0.15, -0.1) is 12.4 Å². The van der Waals surface area contributed by atoms with E-state index in [0.29, 0.717) is 29.2 Å².